The number of hydrogen-bond acceptors (Lipinski definition) is 3. The Labute approximate surface area is 116 Å². The Morgan fingerprint density at radius 3 is 2.89 bits per heavy atom. The third kappa shape index (κ3) is 4.54. The zero-order chi connectivity index (χ0) is 13.4. The molecule has 4 N–H and O–H groups in total. The number of nitrogens with two attached hydrogens (primary N) is 1. The highest BCUT2D eigenvalue weighted by Crippen LogP contribution is 2.26. The van der Waals surface area contributed by atoms with Gasteiger partial charge < -0.3 is 10.1 Å². The lowest BCUT2D eigenvalue weighted by Gasteiger charge is -2.12. The molecule has 0 unspecified atom stereocenters. The molecule has 0 atom stereocenters. The fourth-order valence-corrected chi connectivity index (χ4v) is 1.67. The molecule has 0 aliphatic heterocycles. The minimum absolute atomic E-state index is 0.539. The van der Waals surface area contributed by atoms with Crippen LogP contribution in [-0.2, 0) is 0 Å². The summed E-state index contributed by atoms with van der Waals surface area (Å²) in [6.45, 7) is 2.86. The van der Waals surface area contributed by atoms with Gasteiger partial charge in [-0.3, -0.25) is 10.4 Å². The van der Waals surface area contributed by atoms with Gasteiger partial charge in [0.2, 0.25) is 5.96 Å². The smallest absolute Gasteiger partial charge is 0.210 e. The van der Waals surface area contributed by atoms with E-state index in [2.05, 4.69) is 38.6 Å². The second-order valence-electron chi connectivity index (χ2n) is 3.70. The summed E-state index contributed by atoms with van der Waals surface area (Å²) < 4.78 is 6.09. The van der Waals surface area contributed by atoms with E-state index in [1.165, 1.54) is 0 Å². The van der Waals surface area contributed by atoms with E-state index < -0.39 is 0 Å². The first-order valence-corrected chi connectivity index (χ1v) is 6.62. The number of nitrogens with zero attached hydrogens (tertiary/aromatic N) is 1. The summed E-state index contributed by atoms with van der Waals surface area (Å²) >= 11 is 3.46. The highest BCUT2D eigenvalue weighted by atomic mass is 79.9. The number of unbranched alkanes of at least 4 members (excludes halogenated alkanes) is 1. The van der Waals surface area contributed by atoms with Crippen molar-refractivity contribution in [1.82, 2.24) is 5.43 Å². The Morgan fingerprint density at radius 2 is 2.28 bits per heavy atom. The topological polar surface area (TPSA) is 71.7 Å². The highest BCUT2D eigenvalue weighted by Gasteiger charge is 2.04. The molecule has 0 saturated carbocycles. The van der Waals surface area contributed by atoms with Crippen LogP contribution in [0.15, 0.2) is 27.7 Å². The molecule has 1 aromatic carbocycles. The van der Waals surface area contributed by atoms with E-state index in [-0.39, 0.29) is 0 Å². The van der Waals surface area contributed by atoms with Gasteiger partial charge in [-0.05, 0) is 34.5 Å². The van der Waals surface area contributed by atoms with Crippen molar-refractivity contribution in [1.29, 1.82) is 0 Å². The number of methoxy groups -OCH3 is 1. The Morgan fingerprint density at radius 1 is 1.50 bits per heavy atom. The van der Waals surface area contributed by atoms with Crippen molar-refractivity contribution < 1.29 is 4.74 Å². The van der Waals surface area contributed by atoms with Crippen LogP contribution in [0, 0.1) is 0 Å². The van der Waals surface area contributed by atoms with E-state index in [0.29, 0.717) is 5.96 Å². The van der Waals surface area contributed by atoms with Gasteiger partial charge in [0.1, 0.15) is 5.75 Å². The summed E-state index contributed by atoms with van der Waals surface area (Å²) in [6, 6.07) is 5.65. The summed E-state index contributed by atoms with van der Waals surface area (Å²) in [5.74, 6) is 6.74. The van der Waals surface area contributed by atoms with Crippen LogP contribution in [0.5, 0.6) is 5.75 Å². The number of guanidine groups is 1. The first-order chi connectivity index (χ1) is 8.71. The maximum Gasteiger partial charge on any atom is 0.210 e. The monoisotopic (exact) mass is 314 g/mol. The number of hydrogen-bond donors (Lipinski definition) is 3. The van der Waals surface area contributed by atoms with Crippen LogP contribution in [0.4, 0.5) is 5.69 Å². The van der Waals surface area contributed by atoms with Gasteiger partial charge >= 0.3 is 0 Å². The normalized spacial score (nSPS) is 11.2. The summed E-state index contributed by atoms with van der Waals surface area (Å²) in [7, 11) is 1.63. The van der Waals surface area contributed by atoms with Gasteiger partial charge in [-0.2, -0.15) is 0 Å². The van der Waals surface area contributed by atoms with E-state index in [1.54, 1.807) is 7.11 Å². The Kier molecular flexibility index (Phi) is 6.53. The zero-order valence-electron chi connectivity index (χ0n) is 10.7. The van der Waals surface area contributed by atoms with Crippen molar-refractivity contribution in [3.8, 4) is 5.75 Å². The number of rotatable bonds is 5. The predicted molar refractivity (Wildman–Crippen MR) is 78.8 cm³/mol. The molecule has 1 rings (SSSR count). The summed E-state index contributed by atoms with van der Waals surface area (Å²) in [5, 5.41) is 3.12. The lowest BCUT2D eigenvalue weighted by molar-refractivity contribution is 0.415. The molecule has 0 fully saturated rings. The third-order valence-electron chi connectivity index (χ3n) is 2.34. The second-order valence-corrected chi connectivity index (χ2v) is 4.55. The summed E-state index contributed by atoms with van der Waals surface area (Å²) in [5.41, 5.74) is 3.40. The van der Waals surface area contributed by atoms with Crippen molar-refractivity contribution in [2.24, 2.45) is 10.8 Å². The SMILES string of the molecule is CCCCN=C(NN)Nc1cc(OC)ccc1Br. The number of anilines is 1. The molecule has 0 spiro atoms. The van der Waals surface area contributed by atoms with Crippen LogP contribution in [-0.4, -0.2) is 19.6 Å². The van der Waals surface area contributed by atoms with Crippen molar-refractivity contribution >= 4 is 27.6 Å². The summed E-state index contributed by atoms with van der Waals surface area (Å²) in [6.07, 6.45) is 2.14. The van der Waals surface area contributed by atoms with E-state index in [4.69, 9.17) is 10.6 Å². The van der Waals surface area contributed by atoms with Gasteiger partial charge in [0.05, 0.1) is 12.8 Å². The largest absolute Gasteiger partial charge is 0.497 e. The molecular weight excluding hydrogens is 296 g/mol. The average Bonchev–Trinajstić information content (AvgIpc) is 2.40. The van der Waals surface area contributed by atoms with Crippen molar-refractivity contribution in [2.45, 2.75) is 19.8 Å². The van der Waals surface area contributed by atoms with Crippen LogP contribution in [0.2, 0.25) is 0 Å². The van der Waals surface area contributed by atoms with Gasteiger partial charge in [-0.1, -0.05) is 13.3 Å². The van der Waals surface area contributed by atoms with E-state index in [1.807, 2.05) is 18.2 Å². The maximum atomic E-state index is 5.43. The van der Waals surface area contributed by atoms with Crippen LogP contribution in [0.25, 0.3) is 0 Å². The Bertz CT molecular complexity index is 409. The van der Waals surface area contributed by atoms with Gasteiger partial charge in [0, 0.05) is 17.1 Å². The molecule has 5 nitrogen and oxygen atoms in total. The predicted octanol–water partition coefficient (Wildman–Crippen LogP) is 2.49. The van der Waals surface area contributed by atoms with Gasteiger partial charge in [-0.15, -0.1) is 0 Å². The molecule has 18 heavy (non-hydrogen) atoms. The standard InChI is InChI=1S/C12H19BrN4O/c1-3-4-7-15-12(17-14)16-11-8-9(18-2)5-6-10(11)13/h5-6,8H,3-4,7,14H2,1-2H3,(H2,15,16,17). The third-order valence-corrected chi connectivity index (χ3v) is 3.04. The lowest BCUT2D eigenvalue weighted by atomic mass is 10.3. The van der Waals surface area contributed by atoms with Crippen molar-refractivity contribution in [3.63, 3.8) is 0 Å². The number of benzene rings is 1. The maximum absolute atomic E-state index is 5.43. The molecule has 0 aliphatic carbocycles. The molecule has 100 valence electrons. The number of hydrazine groups is 1. The summed E-state index contributed by atoms with van der Waals surface area (Å²) in [4.78, 5) is 4.33. The average molecular weight is 315 g/mol. The Balaban J connectivity index is 2.77. The molecule has 0 aromatic heterocycles. The first-order valence-electron chi connectivity index (χ1n) is 5.83. The number of nitrogens with one attached hydrogen (secondary N) is 2. The van der Waals surface area contributed by atoms with E-state index in [9.17, 15) is 0 Å². The van der Waals surface area contributed by atoms with Gasteiger partial charge in [-0.25, -0.2) is 5.84 Å². The zero-order valence-corrected chi connectivity index (χ0v) is 12.3. The lowest BCUT2D eigenvalue weighted by Crippen LogP contribution is -2.36. The van der Waals surface area contributed by atoms with Crippen LogP contribution in [0.1, 0.15) is 19.8 Å². The number of halogens is 1. The second kappa shape index (κ2) is 7.94. The van der Waals surface area contributed by atoms with Crippen LogP contribution in [0.3, 0.4) is 0 Å². The molecule has 0 aliphatic rings. The van der Waals surface area contributed by atoms with Crippen LogP contribution < -0.4 is 21.3 Å². The van der Waals surface area contributed by atoms with Crippen molar-refractivity contribution in [2.75, 3.05) is 19.0 Å². The first kappa shape index (κ1) is 14.8. The van der Waals surface area contributed by atoms with Crippen LogP contribution >= 0.6 is 15.9 Å². The molecule has 1 aromatic rings. The molecular formula is C12H19BrN4O. The fourth-order valence-electron chi connectivity index (χ4n) is 1.32. The number of aliphatic imine (C=N–C) groups is 1. The molecule has 0 amide bonds. The van der Waals surface area contributed by atoms with E-state index >= 15 is 0 Å². The van der Waals surface area contributed by atoms with E-state index in [0.717, 1.165) is 35.3 Å². The minimum Gasteiger partial charge on any atom is -0.497 e. The molecule has 0 bridgehead atoms. The molecule has 0 radical (unpaired) electrons. The van der Waals surface area contributed by atoms with Gasteiger partial charge in [0.15, 0.2) is 0 Å². The van der Waals surface area contributed by atoms with Gasteiger partial charge in [0.25, 0.3) is 0 Å². The molecule has 6 heteroatoms. The number of ether oxygens (including phenoxy) is 1. The molecule has 0 saturated heterocycles. The Hall–Kier alpha value is -1.27. The fraction of sp³-hybridized carbons (Fsp3) is 0.417. The quantitative estimate of drug-likeness (QED) is 0.257. The minimum atomic E-state index is 0.539. The highest BCUT2D eigenvalue weighted by molar-refractivity contribution is 9.10. The molecule has 0 heterocycles. The van der Waals surface area contributed by atoms with Crippen molar-refractivity contribution in [3.05, 3.63) is 22.7 Å².